The van der Waals surface area contributed by atoms with E-state index in [9.17, 15) is 23.2 Å². The number of amides is 3. The molecule has 1 aromatic heterocycles. The number of benzene rings is 2. The molecule has 0 bridgehead atoms. The molecule has 148 valence electrons. The van der Waals surface area contributed by atoms with Crippen molar-refractivity contribution in [2.75, 3.05) is 17.7 Å². The smallest absolute Gasteiger partial charge is 0.272 e. The van der Waals surface area contributed by atoms with Crippen molar-refractivity contribution in [2.45, 2.75) is 0 Å². The Bertz CT molecular complexity index is 1080. The first-order valence-corrected chi connectivity index (χ1v) is 8.46. The quantitative estimate of drug-likeness (QED) is 0.531. The van der Waals surface area contributed by atoms with Gasteiger partial charge in [-0.2, -0.15) is 0 Å². The zero-order valence-corrected chi connectivity index (χ0v) is 15.2. The highest BCUT2D eigenvalue weighted by Gasteiger charge is 2.18. The number of hydrogen-bond acceptors (Lipinski definition) is 3. The summed E-state index contributed by atoms with van der Waals surface area (Å²) in [7, 11) is 1.46. The molecule has 0 unspecified atom stereocenters. The van der Waals surface area contributed by atoms with Gasteiger partial charge in [-0.1, -0.05) is 0 Å². The third-order valence-electron chi connectivity index (χ3n) is 4.02. The van der Waals surface area contributed by atoms with Gasteiger partial charge in [-0.15, -0.1) is 0 Å². The molecule has 9 heteroatoms. The summed E-state index contributed by atoms with van der Waals surface area (Å²) >= 11 is 0. The van der Waals surface area contributed by atoms with E-state index >= 15 is 0 Å². The van der Waals surface area contributed by atoms with Crippen molar-refractivity contribution in [3.8, 4) is 0 Å². The lowest BCUT2D eigenvalue weighted by molar-refractivity contribution is 0.0947. The van der Waals surface area contributed by atoms with Gasteiger partial charge in [0.15, 0.2) is 0 Å². The fraction of sp³-hybridized carbons (Fsp3) is 0.0500. The lowest BCUT2D eigenvalue weighted by Crippen LogP contribution is -2.22. The summed E-state index contributed by atoms with van der Waals surface area (Å²) in [4.78, 5) is 38.9. The maximum absolute atomic E-state index is 13.7. The van der Waals surface area contributed by atoms with E-state index in [1.807, 2.05) is 0 Å². The summed E-state index contributed by atoms with van der Waals surface area (Å²) in [6.07, 6.45) is 1.48. The molecule has 7 nitrogen and oxygen atoms in total. The van der Waals surface area contributed by atoms with E-state index in [0.29, 0.717) is 11.4 Å². The van der Waals surface area contributed by atoms with Crippen LogP contribution >= 0.6 is 0 Å². The Balaban J connectivity index is 1.68. The van der Waals surface area contributed by atoms with Crippen molar-refractivity contribution in [3.05, 3.63) is 83.2 Å². The van der Waals surface area contributed by atoms with Crippen molar-refractivity contribution in [3.63, 3.8) is 0 Å². The molecule has 0 aliphatic carbocycles. The Labute approximate surface area is 164 Å². The zero-order valence-electron chi connectivity index (χ0n) is 15.2. The minimum Gasteiger partial charge on any atom is -0.357 e. The summed E-state index contributed by atoms with van der Waals surface area (Å²) in [5, 5.41) is 7.51. The van der Waals surface area contributed by atoms with Gasteiger partial charge in [0.2, 0.25) is 0 Å². The summed E-state index contributed by atoms with van der Waals surface area (Å²) in [6, 6.07) is 10.1. The zero-order chi connectivity index (χ0) is 21.0. The van der Waals surface area contributed by atoms with E-state index in [4.69, 9.17) is 0 Å². The summed E-state index contributed by atoms with van der Waals surface area (Å²) in [5.74, 6) is -3.30. The minimum absolute atomic E-state index is 0.100. The second-order valence-corrected chi connectivity index (χ2v) is 5.96. The Morgan fingerprint density at radius 3 is 2.03 bits per heavy atom. The molecule has 2 aromatic carbocycles. The Hall–Kier alpha value is -4.01. The molecule has 0 aliphatic heterocycles. The number of rotatable bonds is 5. The van der Waals surface area contributed by atoms with Gasteiger partial charge in [0, 0.05) is 24.6 Å². The molecular formula is C20H16F2N4O3. The maximum atomic E-state index is 13.7. The number of aromatic nitrogens is 1. The van der Waals surface area contributed by atoms with Gasteiger partial charge in [0.05, 0.1) is 11.1 Å². The van der Waals surface area contributed by atoms with Crippen LogP contribution in [0.15, 0.2) is 54.7 Å². The number of carbonyl (C=O) groups excluding carboxylic acids is 3. The number of hydrogen-bond donors (Lipinski definition) is 4. The number of H-pyrrole nitrogens is 1. The van der Waals surface area contributed by atoms with Gasteiger partial charge in [-0.3, -0.25) is 14.4 Å². The van der Waals surface area contributed by atoms with Crippen LogP contribution in [-0.2, 0) is 0 Å². The fourth-order valence-corrected chi connectivity index (χ4v) is 2.58. The topological polar surface area (TPSA) is 103 Å². The number of carbonyl (C=O) groups is 3. The second kappa shape index (κ2) is 8.34. The van der Waals surface area contributed by atoms with Gasteiger partial charge in [-0.05, 0) is 48.5 Å². The Kier molecular flexibility index (Phi) is 5.68. The van der Waals surface area contributed by atoms with Gasteiger partial charge in [-0.25, -0.2) is 8.78 Å². The predicted molar refractivity (Wildman–Crippen MR) is 103 cm³/mol. The number of aromatic amines is 1. The van der Waals surface area contributed by atoms with E-state index in [1.54, 1.807) is 0 Å². The Morgan fingerprint density at radius 2 is 1.41 bits per heavy atom. The number of nitrogens with one attached hydrogen (secondary N) is 4. The summed E-state index contributed by atoms with van der Waals surface area (Å²) in [6.45, 7) is 0. The molecule has 1 heterocycles. The lowest BCUT2D eigenvalue weighted by atomic mass is 10.2. The number of anilines is 2. The molecule has 4 N–H and O–H groups in total. The molecular weight excluding hydrogens is 382 g/mol. The van der Waals surface area contributed by atoms with Crippen LogP contribution in [-0.4, -0.2) is 29.8 Å². The van der Waals surface area contributed by atoms with Crippen LogP contribution in [0.1, 0.15) is 31.2 Å². The molecule has 0 atom stereocenters. The van der Waals surface area contributed by atoms with Crippen molar-refractivity contribution in [1.29, 1.82) is 0 Å². The monoisotopic (exact) mass is 398 g/mol. The third-order valence-corrected chi connectivity index (χ3v) is 4.02. The van der Waals surface area contributed by atoms with Crippen LogP contribution in [0.3, 0.4) is 0 Å². The SMILES string of the molecule is CNC(=O)c1cc[nH]c1C(=O)Nc1ccc(NC(=O)c2cc(F)ccc2F)cc1. The van der Waals surface area contributed by atoms with Gasteiger partial charge >= 0.3 is 0 Å². The maximum Gasteiger partial charge on any atom is 0.272 e. The molecule has 29 heavy (non-hydrogen) atoms. The van der Waals surface area contributed by atoms with Gasteiger partial charge in [0.25, 0.3) is 17.7 Å². The highest BCUT2D eigenvalue weighted by atomic mass is 19.1. The molecule has 3 amide bonds. The van der Waals surface area contributed by atoms with E-state index in [-0.39, 0.29) is 11.3 Å². The molecule has 0 spiro atoms. The van der Waals surface area contributed by atoms with Crippen LogP contribution in [0.5, 0.6) is 0 Å². The van der Waals surface area contributed by atoms with Crippen LogP contribution in [0.25, 0.3) is 0 Å². The van der Waals surface area contributed by atoms with E-state index in [2.05, 4.69) is 20.9 Å². The highest BCUT2D eigenvalue weighted by molar-refractivity contribution is 6.11. The standard InChI is InChI=1S/C20H16F2N4O3/c1-23-18(27)14-8-9-24-17(14)20(29)26-13-5-3-12(4-6-13)25-19(28)15-10-11(21)2-7-16(15)22/h2-10,24H,1H3,(H,23,27)(H,25,28)(H,26,29). The molecule has 0 saturated carbocycles. The molecule has 0 aliphatic rings. The normalized spacial score (nSPS) is 10.3. The molecule has 0 fully saturated rings. The largest absolute Gasteiger partial charge is 0.357 e. The first kappa shape index (κ1) is 19.7. The van der Waals surface area contributed by atoms with E-state index < -0.39 is 34.9 Å². The first-order valence-electron chi connectivity index (χ1n) is 8.46. The lowest BCUT2D eigenvalue weighted by Gasteiger charge is -2.09. The molecule has 3 aromatic rings. The Morgan fingerprint density at radius 1 is 0.793 bits per heavy atom. The summed E-state index contributed by atoms with van der Waals surface area (Å²) in [5.41, 5.74) is 0.607. The van der Waals surface area contributed by atoms with Crippen LogP contribution in [0, 0.1) is 11.6 Å². The average molecular weight is 398 g/mol. The van der Waals surface area contributed by atoms with E-state index in [0.717, 1.165) is 18.2 Å². The van der Waals surface area contributed by atoms with Gasteiger partial charge < -0.3 is 20.9 Å². The third kappa shape index (κ3) is 4.46. The highest BCUT2D eigenvalue weighted by Crippen LogP contribution is 2.18. The van der Waals surface area contributed by atoms with Crippen molar-refractivity contribution in [1.82, 2.24) is 10.3 Å². The second-order valence-electron chi connectivity index (χ2n) is 5.96. The van der Waals surface area contributed by atoms with Crippen LogP contribution in [0.2, 0.25) is 0 Å². The first-order chi connectivity index (χ1) is 13.9. The molecule has 3 rings (SSSR count). The molecule has 0 radical (unpaired) electrons. The average Bonchev–Trinajstić information content (AvgIpc) is 3.20. The fourth-order valence-electron chi connectivity index (χ4n) is 2.58. The van der Waals surface area contributed by atoms with Crippen molar-refractivity contribution < 1.29 is 23.2 Å². The number of halogens is 2. The van der Waals surface area contributed by atoms with Gasteiger partial charge in [0.1, 0.15) is 17.3 Å². The van der Waals surface area contributed by atoms with E-state index in [1.165, 1.54) is 43.6 Å². The molecule has 0 saturated heterocycles. The van der Waals surface area contributed by atoms with Crippen molar-refractivity contribution >= 4 is 29.1 Å². The van der Waals surface area contributed by atoms with Crippen LogP contribution < -0.4 is 16.0 Å². The minimum atomic E-state index is -0.842. The van der Waals surface area contributed by atoms with Crippen LogP contribution in [0.4, 0.5) is 20.2 Å². The predicted octanol–water partition coefficient (Wildman–Crippen LogP) is 3.16. The van der Waals surface area contributed by atoms with Crippen molar-refractivity contribution in [2.24, 2.45) is 0 Å². The summed E-state index contributed by atoms with van der Waals surface area (Å²) < 4.78 is 26.9.